The van der Waals surface area contributed by atoms with Gasteiger partial charge >= 0.3 is 0 Å². The standard InChI is InChI=1S/C13H14Cl2N2/c1-3-5-10-8-17(16-9(10)2)13-11(14)6-4-7-12(13)15/h4,6-8H,3,5H2,1-2H3. The Morgan fingerprint density at radius 3 is 2.47 bits per heavy atom. The van der Waals surface area contributed by atoms with Gasteiger partial charge in [-0.05, 0) is 31.0 Å². The van der Waals surface area contributed by atoms with Crippen LogP contribution in [0, 0.1) is 6.92 Å². The van der Waals surface area contributed by atoms with E-state index < -0.39 is 0 Å². The second kappa shape index (κ2) is 5.11. The molecule has 0 radical (unpaired) electrons. The van der Waals surface area contributed by atoms with E-state index in [-0.39, 0.29) is 0 Å². The highest BCUT2D eigenvalue weighted by molar-refractivity contribution is 6.37. The van der Waals surface area contributed by atoms with Crippen molar-refractivity contribution in [1.82, 2.24) is 9.78 Å². The zero-order valence-electron chi connectivity index (χ0n) is 9.87. The molecule has 0 fully saturated rings. The number of nitrogens with zero attached hydrogens (tertiary/aromatic N) is 2. The highest BCUT2D eigenvalue weighted by Gasteiger charge is 2.11. The fourth-order valence-corrected chi connectivity index (χ4v) is 2.40. The number of hydrogen-bond acceptors (Lipinski definition) is 1. The third-order valence-corrected chi connectivity index (χ3v) is 3.30. The summed E-state index contributed by atoms with van der Waals surface area (Å²) in [4.78, 5) is 0. The Labute approximate surface area is 111 Å². The maximum atomic E-state index is 6.16. The van der Waals surface area contributed by atoms with Gasteiger partial charge in [0.15, 0.2) is 0 Å². The number of benzene rings is 1. The molecular weight excluding hydrogens is 255 g/mol. The Morgan fingerprint density at radius 2 is 1.88 bits per heavy atom. The topological polar surface area (TPSA) is 17.8 Å². The predicted octanol–water partition coefficient (Wildman–Crippen LogP) is 4.44. The first kappa shape index (κ1) is 12.5. The van der Waals surface area contributed by atoms with Crippen molar-refractivity contribution in [1.29, 1.82) is 0 Å². The van der Waals surface area contributed by atoms with Crippen LogP contribution in [-0.4, -0.2) is 9.78 Å². The molecule has 0 aliphatic heterocycles. The minimum absolute atomic E-state index is 0.614. The van der Waals surface area contributed by atoms with Gasteiger partial charge in [-0.1, -0.05) is 42.6 Å². The summed E-state index contributed by atoms with van der Waals surface area (Å²) in [5.74, 6) is 0. The lowest BCUT2D eigenvalue weighted by atomic mass is 10.1. The minimum atomic E-state index is 0.614. The number of aryl methyl sites for hydroxylation is 2. The van der Waals surface area contributed by atoms with Crippen LogP contribution in [0.1, 0.15) is 24.6 Å². The molecule has 90 valence electrons. The van der Waals surface area contributed by atoms with E-state index in [0.717, 1.165) is 24.2 Å². The van der Waals surface area contributed by atoms with Crippen LogP contribution in [-0.2, 0) is 6.42 Å². The Morgan fingerprint density at radius 1 is 1.24 bits per heavy atom. The van der Waals surface area contributed by atoms with Crippen molar-refractivity contribution < 1.29 is 0 Å². The van der Waals surface area contributed by atoms with Gasteiger partial charge in [0.2, 0.25) is 0 Å². The minimum Gasteiger partial charge on any atom is -0.237 e. The van der Waals surface area contributed by atoms with Gasteiger partial charge in [0.1, 0.15) is 5.69 Å². The number of para-hydroxylation sites is 1. The number of hydrogen-bond donors (Lipinski definition) is 0. The molecule has 0 aliphatic rings. The van der Waals surface area contributed by atoms with E-state index in [4.69, 9.17) is 23.2 Å². The molecule has 2 aromatic rings. The van der Waals surface area contributed by atoms with Crippen molar-refractivity contribution in [2.24, 2.45) is 0 Å². The molecule has 0 spiro atoms. The SMILES string of the molecule is CCCc1cn(-c2c(Cl)cccc2Cl)nc1C. The van der Waals surface area contributed by atoms with Crippen LogP contribution in [0.5, 0.6) is 0 Å². The van der Waals surface area contributed by atoms with Gasteiger partial charge in [-0.15, -0.1) is 0 Å². The van der Waals surface area contributed by atoms with E-state index in [9.17, 15) is 0 Å². The van der Waals surface area contributed by atoms with Gasteiger partial charge in [-0.2, -0.15) is 5.10 Å². The van der Waals surface area contributed by atoms with Crippen LogP contribution < -0.4 is 0 Å². The van der Waals surface area contributed by atoms with Crippen LogP contribution in [0.25, 0.3) is 5.69 Å². The van der Waals surface area contributed by atoms with Crippen molar-refractivity contribution in [2.75, 3.05) is 0 Å². The Hall–Kier alpha value is -0.990. The maximum absolute atomic E-state index is 6.16. The van der Waals surface area contributed by atoms with Gasteiger partial charge in [-0.3, -0.25) is 0 Å². The summed E-state index contributed by atoms with van der Waals surface area (Å²) in [5.41, 5.74) is 3.02. The second-order valence-corrected chi connectivity index (χ2v) is 4.82. The summed E-state index contributed by atoms with van der Waals surface area (Å²) < 4.78 is 1.77. The summed E-state index contributed by atoms with van der Waals surface area (Å²) >= 11 is 12.3. The first-order chi connectivity index (χ1) is 8.13. The molecule has 0 atom stereocenters. The quantitative estimate of drug-likeness (QED) is 0.805. The molecule has 4 heteroatoms. The predicted molar refractivity (Wildman–Crippen MR) is 72.3 cm³/mol. The van der Waals surface area contributed by atoms with E-state index in [0.29, 0.717) is 10.0 Å². The zero-order chi connectivity index (χ0) is 12.4. The van der Waals surface area contributed by atoms with E-state index in [1.807, 2.05) is 31.3 Å². The first-order valence-electron chi connectivity index (χ1n) is 5.63. The second-order valence-electron chi connectivity index (χ2n) is 4.00. The Bertz CT molecular complexity index is 512. The summed E-state index contributed by atoms with van der Waals surface area (Å²) in [6, 6.07) is 5.47. The molecular formula is C13H14Cl2N2. The van der Waals surface area contributed by atoms with E-state index in [2.05, 4.69) is 12.0 Å². The van der Waals surface area contributed by atoms with Crippen LogP contribution in [0.15, 0.2) is 24.4 Å². The molecule has 2 rings (SSSR count). The molecule has 1 aromatic heterocycles. The summed E-state index contributed by atoms with van der Waals surface area (Å²) in [5, 5.41) is 5.70. The number of rotatable bonds is 3. The van der Waals surface area contributed by atoms with E-state index in [1.165, 1.54) is 5.56 Å². The third-order valence-electron chi connectivity index (χ3n) is 2.69. The molecule has 0 amide bonds. The van der Waals surface area contributed by atoms with Crippen LogP contribution in [0.2, 0.25) is 10.0 Å². The summed E-state index contributed by atoms with van der Waals surface area (Å²) in [6.07, 6.45) is 4.13. The lowest BCUT2D eigenvalue weighted by Crippen LogP contribution is -1.96. The van der Waals surface area contributed by atoms with Gasteiger partial charge in [0.05, 0.1) is 15.7 Å². The molecule has 17 heavy (non-hydrogen) atoms. The lowest BCUT2D eigenvalue weighted by molar-refractivity contribution is 0.863. The van der Waals surface area contributed by atoms with E-state index >= 15 is 0 Å². The molecule has 0 aliphatic carbocycles. The van der Waals surface area contributed by atoms with Crippen LogP contribution in [0.3, 0.4) is 0 Å². The Balaban J connectivity index is 2.50. The molecule has 0 bridgehead atoms. The third kappa shape index (κ3) is 2.48. The first-order valence-corrected chi connectivity index (χ1v) is 6.38. The van der Waals surface area contributed by atoms with E-state index in [1.54, 1.807) is 4.68 Å². The highest BCUT2D eigenvalue weighted by Crippen LogP contribution is 2.28. The highest BCUT2D eigenvalue weighted by atomic mass is 35.5. The molecule has 1 heterocycles. The average Bonchev–Trinajstić information content (AvgIpc) is 2.60. The summed E-state index contributed by atoms with van der Waals surface area (Å²) in [7, 11) is 0. The number of halogens is 2. The van der Waals surface area contributed by atoms with Gasteiger partial charge in [0, 0.05) is 6.20 Å². The molecule has 2 nitrogen and oxygen atoms in total. The van der Waals surface area contributed by atoms with Gasteiger partial charge in [-0.25, -0.2) is 4.68 Å². The largest absolute Gasteiger partial charge is 0.237 e. The van der Waals surface area contributed by atoms with Crippen LogP contribution in [0.4, 0.5) is 0 Å². The summed E-state index contributed by atoms with van der Waals surface area (Å²) in [6.45, 7) is 4.16. The van der Waals surface area contributed by atoms with Crippen molar-refractivity contribution in [3.63, 3.8) is 0 Å². The monoisotopic (exact) mass is 268 g/mol. The lowest BCUT2D eigenvalue weighted by Gasteiger charge is -2.05. The van der Waals surface area contributed by atoms with Gasteiger partial charge < -0.3 is 0 Å². The van der Waals surface area contributed by atoms with Crippen molar-refractivity contribution in [3.05, 3.63) is 45.7 Å². The van der Waals surface area contributed by atoms with Crippen molar-refractivity contribution >= 4 is 23.2 Å². The molecule has 0 unspecified atom stereocenters. The molecule has 1 aromatic carbocycles. The van der Waals surface area contributed by atoms with Crippen molar-refractivity contribution in [2.45, 2.75) is 26.7 Å². The van der Waals surface area contributed by atoms with Gasteiger partial charge in [0.25, 0.3) is 0 Å². The molecule has 0 saturated carbocycles. The van der Waals surface area contributed by atoms with Crippen molar-refractivity contribution in [3.8, 4) is 5.69 Å². The maximum Gasteiger partial charge on any atom is 0.102 e. The van der Waals surface area contributed by atoms with Crippen LogP contribution >= 0.6 is 23.2 Å². The average molecular weight is 269 g/mol. The normalized spacial score (nSPS) is 10.8. The molecule has 0 saturated heterocycles. The smallest absolute Gasteiger partial charge is 0.102 e. The molecule has 0 N–H and O–H groups in total. The fourth-order valence-electron chi connectivity index (χ4n) is 1.83. The Kier molecular flexibility index (Phi) is 3.75. The fraction of sp³-hybridized carbons (Fsp3) is 0.308. The zero-order valence-corrected chi connectivity index (χ0v) is 11.4. The number of aromatic nitrogens is 2.